The molecule has 0 aliphatic heterocycles. The van der Waals surface area contributed by atoms with Gasteiger partial charge in [0, 0.05) is 26.0 Å². The van der Waals surface area contributed by atoms with Gasteiger partial charge >= 0.3 is 0 Å². The second kappa shape index (κ2) is 7.74. The van der Waals surface area contributed by atoms with Gasteiger partial charge < -0.3 is 9.88 Å². The van der Waals surface area contributed by atoms with Crippen LogP contribution in [0.25, 0.3) is 11.0 Å². The monoisotopic (exact) mass is 346 g/mol. The number of benzene rings is 1. The van der Waals surface area contributed by atoms with E-state index in [0.29, 0.717) is 18.1 Å². The Bertz CT molecular complexity index is 982. The molecule has 2 heterocycles. The fraction of sp³-hybridized carbons (Fsp3) is 0.200. The molecule has 0 saturated heterocycles. The number of pyridine rings is 1. The van der Waals surface area contributed by atoms with Crippen molar-refractivity contribution < 1.29 is 0 Å². The van der Waals surface area contributed by atoms with Crippen molar-refractivity contribution in [3.63, 3.8) is 0 Å². The van der Waals surface area contributed by atoms with Crippen LogP contribution in [0, 0.1) is 0 Å². The van der Waals surface area contributed by atoms with Crippen LogP contribution in [-0.2, 0) is 6.54 Å². The largest absolute Gasteiger partial charge is 0.343 e. The number of nitrogens with one attached hydrogen (secondary N) is 1. The number of rotatable bonds is 5. The van der Waals surface area contributed by atoms with Gasteiger partial charge in [0.2, 0.25) is 0 Å². The van der Waals surface area contributed by atoms with Crippen LogP contribution in [0.4, 0.5) is 0 Å². The summed E-state index contributed by atoms with van der Waals surface area (Å²) >= 11 is 0. The lowest BCUT2D eigenvalue weighted by molar-refractivity contribution is 0.788. The van der Waals surface area contributed by atoms with E-state index < -0.39 is 0 Å². The van der Waals surface area contributed by atoms with Crippen LogP contribution in [0.5, 0.6) is 0 Å². The Morgan fingerprint density at radius 1 is 1.12 bits per heavy atom. The number of aromatic nitrogens is 3. The number of hydrogen-bond donors (Lipinski definition) is 1. The third-order valence-electron chi connectivity index (χ3n) is 3.92. The molecular formula is C20H22N6. The summed E-state index contributed by atoms with van der Waals surface area (Å²) in [6.45, 7) is 6.38. The van der Waals surface area contributed by atoms with E-state index in [1.807, 2.05) is 43.3 Å². The zero-order valence-corrected chi connectivity index (χ0v) is 15.3. The van der Waals surface area contributed by atoms with Gasteiger partial charge in [0.15, 0.2) is 11.7 Å². The summed E-state index contributed by atoms with van der Waals surface area (Å²) in [7, 11) is 3.47. The molecule has 0 unspecified atom stereocenters. The van der Waals surface area contributed by atoms with Crippen LogP contribution in [0.1, 0.15) is 18.4 Å². The quantitative estimate of drug-likeness (QED) is 0.570. The van der Waals surface area contributed by atoms with Gasteiger partial charge in [-0.25, -0.2) is 4.98 Å². The van der Waals surface area contributed by atoms with E-state index in [1.165, 1.54) is 0 Å². The molecule has 0 aliphatic rings. The lowest BCUT2D eigenvalue weighted by Gasteiger charge is -2.13. The molecule has 0 fully saturated rings. The van der Waals surface area contributed by atoms with Crippen LogP contribution >= 0.6 is 0 Å². The summed E-state index contributed by atoms with van der Waals surface area (Å²) in [5, 5.41) is 3.17. The maximum atomic E-state index is 4.81. The van der Waals surface area contributed by atoms with Gasteiger partial charge in [0.05, 0.1) is 23.3 Å². The number of allylic oxidation sites excluding steroid dienone is 1. The van der Waals surface area contributed by atoms with E-state index in [0.717, 1.165) is 28.2 Å². The van der Waals surface area contributed by atoms with Crippen molar-refractivity contribution in [3.8, 4) is 0 Å². The molecule has 0 radical (unpaired) electrons. The zero-order chi connectivity index (χ0) is 18.5. The number of nitrogens with zero attached hydrogens (tertiary/aromatic N) is 5. The zero-order valence-electron chi connectivity index (χ0n) is 15.3. The molecular weight excluding hydrogens is 324 g/mol. The number of aliphatic imine (C=N–C) groups is 2. The molecule has 3 rings (SSSR count). The van der Waals surface area contributed by atoms with Crippen molar-refractivity contribution >= 4 is 22.6 Å². The Kier molecular flexibility index (Phi) is 5.22. The minimum absolute atomic E-state index is 0.597. The van der Waals surface area contributed by atoms with E-state index in [9.17, 15) is 0 Å². The van der Waals surface area contributed by atoms with Gasteiger partial charge in [-0.2, -0.15) is 0 Å². The summed E-state index contributed by atoms with van der Waals surface area (Å²) < 4.78 is 2.12. The molecule has 3 aromatic rings. The topological polar surface area (TPSA) is 67.5 Å². The highest BCUT2D eigenvalue weighted by atomic mass is 15.1. The Morgan fingerprint density at radius 3 is 2.54 bits per heavy atom. The van der Waals surface area contributed by atoms with Crippen LogP contribution < -0.4 is 5.32 Å². The summed E-state index contributed by atoms with van der Waals surface area (Å²) in [4.78, 5) is 18.1. The molecule has 6 heteroatoms. The van der Waals surface area contributed by atoms with Crippen molar-refractivity contribution in [1.29, 1.82) is 0 Å². The van der Waals surface area contributed by atoms with Gasteiger partial charge in [0.25, 0.3) is 0 Å². The lowest BCUT2D eigenvalue weighted by atomic mass is 10.2. The SMILES string of the molecule is C=C(C)NC(=NC)C(=NC)c1nc2ccccc2n1Cc1ccccn1. The van der Waals surface area contributed by atoms with Crippen molar-refractivity contribution in [3.05, 3.63) is 72.5 Å². The van der Waals surface area contributed by atoms with Crippen molar-refractivity contribution in [2.45, 2.75) is 13.5 Å². The fourth-order valence-electron chi connectivity index (χ4n) is 2.80. The predicted molar refractivity (Wildman–Crippen MR) is 107 cm³/mol. The Hall–Kier alpha value is -3.28. The number of amidine groups is 1. The summed E-state index contributed by atoms with van der Waals surface area (Å²) in [5.41, 5.74) is 4.36. The standard InChI is InChI=1S/C20H22N6/c1-14(2)24-19(22-4)18(21-3)20-25-16-10-5-6-11-17(16)26(20)13-15-9-7-8-12-23-15/h5-12H,1,13H2,2-4H3,(H,22,24). The molecule has 26 heavy (non-hydrogen) atoms. The summed E-state index contributed by atoms with van der Waals surface area (Å²) in [5.74, 6) is 1.38. The van der Waals surface area contributed by atoms with Gasteiger partial charge in [0.1, 0.15) is 5.71 Å². The Morgan fingerprint density at radius 2 is 1.88 bits per heavy atom. The van der Waals surface area contributed by atoms with Crippen LogP contribution in [0.2, 0.25) is 0 Å². The number of para-hydroxylation sites is 2. The minimum atomic E-state index is 0.597. The molecule has 0 amide bonds. The highest BCUT2D eigenvalue weighted by molar-refractivity contribution is 6.47. The average Bonchev–Trinajstić information content (AvgIpc) is 3.00. The van der Waals surface area contributed by atoms with Crippen molar-refractivity contribution in [2.24, 2.45) is 9.98 Å². The molecule has 0 saturated carbocycles. The molecule has 132 valence electrons. The predicted octanol–water partition coefficient (Wildman–Crippen LogP) is 3.05. The summed E-state index contributed by atoms with van der Waals surface area (Å²) in [6, 6.07) is 13.9. The van der Waals surface area contributed by atoms with Gasteiger partial charge in [-0.05, 0) is 31.2 Å². The second-order valence-corrected chi connectivity index (χ2v) is 5.88. The first kappa shape index (κ1) is 17.5. The third-order valence-corrected chi connectivity index (χ3v) is 3.92. The first-order valence-corrected chi connectivity index (χ1v) is 8.36. The van der Waals surface area contributed by atoms with E-state index in [1.54, 1.807) is 20.3 Å². The van der Waals surface area contributed by atoms with Crippen molar-refractivity contribution in [1.82, 2.24) is 19.9 Å². The smallest absolute Gasteiger partial charge is 0.163 e. The third kappa shape index (κ3) is 3.54. The maximum Gasteiger partial charge on any atom is 0.163 e. The molecule has 0 atom stereocenters. The average molecular weight is 346 g/mol. The first-order valence-electron chi connectivity index (χ1n) is 8.36. The van der Waals surface area contributed by atoms with Gasteiger partial charge in [-0.3, -0.25) is 15.0 Å². The fourth-order valence-corrected chi connectivity index (χ4v) is 2.80. The van der Waals surface area contributed by atoms with Gasteiger partial charge in [-0.15, -0.1) is 0 Å². The molecule has 1 aromatic carbocycles. The normalized spacial score (nSPS) is 12.4. The Balaban J connectivity index is 2.15. The number of fused-ring (bicyclic) bond motifs is 1. The summed E-state index contributed by atoms with van der Waals surface area (Å²) in [6.07, 6.45) is 1.80. The van der Waals surface area contributed by atoms with Crippen LogP contribution in [0.3, 0.4) is 0 Å². The second-order valence-electron chi connectivity index (χ2n) is 5.88. The molecule has 0 spiro atoms. The van der Waals surface area contributed by atoms with E-state index in [2.05, 4.69) is 37.5 Å². The number of hydrogen-bond acceptors (Lipinski definition) is 4. The molecule has 6 nitrogen and oxygen atoms in total. The molecule has 0 aliphatic carbocycles. The minimum Gasteiger partial charge on any atom is -0.343 e. The van der Waals surface area contributed by atoms with Crippen LogP contribution in [-0.4, -0.2) is 40.2 Å². The molecule has 1 N–H and O–H groups in total. The first-order chi connectivity index (χ1) is 12.6. The molecule has 2 aromatic heterocycles. The maximum absolute atomic E-state index is 4.81. The lowest BCUT2D eigenvalue weighted by Crippen LogP contribution is -2.32. The van der Waals surface area contributed by atoms with Gasteiger partial charge in [-0.1, -0.05) is 24.8 Å². The van der Waals surface area contributed by atoms with E-state index in [-0.39, 0.29) is 0 Å². The highest BCUT2D eigenvalue weighted by Gasteiger charge is 2.20. The van der Waals surface area contributed by atoms with Crippen molar-refractivity contribution in [2.75, 3.05) is 14.1 Å². The Labute approximate surface area is 153 Å². The highest BCUT2D eigenvalue weighted by Crippen LogP contribution is 2.18. The molecule has 0 bridgehead atoms. The van der Waals surface area contributed by atoms with E-state index in [4.69, 9.17) is 4.98 Å². The van der Waals surface area contributed by atoms with E-state index >= 15 is 0 Å². The number of imidazole rings is 1. The van der Waals surface area contributed by atoms with Crippen LogP contribution in [0.15, 0.2) is 70.9 Å².